The maximum Gasteiger partial charge on any atom is 0.323 e. The zero-order valence-electron chi connectivity index (χ0n) is 14.2. The van der Waals surface area contributed by atoms with Crippen molar-refractivity contribution in [2.45, 2.75) is 12.8 Å². The number of hydrogen-bond donors (Lipinski definition) is 3. The first kappa shape index (κ1) is 16.1. The second kappa shape index (κ2) is 7.23. The van der Waals surface area contributed by atoms with E-state index in [2.05, 4.69) is 49.5 Å². The molecular formula is C20H19N5O. The zero-order valence-corrected chi connectivity index (χ0v) is 14.2. The van der Waals surface area contributed by atoms with E-state index in [1.54, 1.807) is 12.4 Å². The Hall–Kier alpha value is -3.41. The molecule has 4 aromatic rings. The Morgan fingerprint density at radius 3 is 2.46 bits per heavy atom. The molecule has 0 spiro atoms. The van der Waals surface area contributed by atoms with Crippen LogP contribution in [-0.2, 0) is 6.42 Å². The second-order valence-corrected chi connectivity index (χ2v) is 6.15. The lowest BCUT2D eigenvalue weighted by Crippen LogP contribution is -2.06. The van der Waals surface area contributed by atoms with Gasteiger partial charge in [-0.05, 0) is 36.1 Å². The Morgan fingerprint density at radius 1 is 0.885 bits per heavy atom. The van der Waals surface area contributed by atoms with Crippen molar-refractivity contribution in [2.24, 2.45) is 0 Å². The standard InChI is InChI=1S/C20H19N5O/c26-20-24-17-9-8-15(11-18(17)25-20)16-12-22-19(23-13-16)21-10-4-7-14-5-2-1-3-6-14/h1-3,5-6,8-9,11-13H,4,7,10H2,(H,21,22,23)(H2,24,25,26). The summed E-state index contributed by atoms with van der Waals surface area (Å²) in [6.07, 6.45) is 5.63. The molecule has 2 aromatic heterocycles. The van der Waals surface area contributed by atoms with E-state index < -0.39 is 0 Å². The molecule has 0 aliphatic rings. The van der Waals surface area contributed by atoms with Gasteiger partial charge in [0.15, 0.2) is 0 Å². The van der Waals surface area contributed by atoms with Crippen LogP contribution in [0.15, 0.2) is 65.7 Å². The fraction of sp³-hybridized carbons (Fsp3) is 0.150. The molecule has 3 N–H and O–H groups in total. The van der Waals surface area contributed by atoms with Crippen LogP contribution in [0.1, 0.15) is 12.0 Å². The molecule has 26 heavy (non-hydrogen) atoms. The molecule has 0 saturated heterocycles. The summed E-state index contributed by atoms with van der Waals surface area (Å²) in [6.45, 7) is 0.824. The molecule has 0 fully saturated rings. The van der Waals surface area contributed by atoms with Gasteiger partial charge in [-0.1, -0.05) is 36.4 Å². The van der Waals surface area contributed by atoms with Gasteiger partial charge in [0.05, 0.1) is 11.0 Å². The fourth-order valence-corrected chi connectivity index (χ4v) is 2.92. The van der Waals surface area contributed by atoms with Crippen molar-refractivity contribution in [3.8, 4) is 11.1 Å². The Kier molecular flexibility index (Phi) is 4.47. The monoisotopic (exact) mass is 345 g/mol. The van der Waals surface area contributed by atoms with Crippen LogP contribution in [0.5, 0.6) is 0 Å². The molecule has 0 radical (unpaired) electrons. The smallest absolute Gasteiger partial charge is 0.323 e. The van der Waals surface area contributed by atoms with Crippen LogP contribution in [-0.4, -0.2) is 26.5 Å². The molecule has 0 bridgehead atoms. The Morgan fingerprint density at radius 2 is 1.65 bits per heavy atom. The molecule has 2 aromatic carbocycles. The van der Waals surface area contributed by atoms with E-state index in [1.807, 2.05) is 24.3 Å². The lowest BCUT2D eigenvalue weighted by Gasteiger charge is -2.06. The van der Waals surface area contributed by atoms with Crippen molar-refractivity contribution in [2.75, 3.05) is 11.9 Å². The van der Waals surface area contributed by atoms with Crippen molar-refractivity contribution in [1.82, 2.24) is 19.9 Å². The third-order valence-corrected chi connectivity index (χ3v) is 4.27. The van der Waals surface area contributed by atoms with Crippen LogP contribution in [0.3, 0.4) is 0 Å². The van der Waals surface area contributed by atoms with Gasteiger partial charge < -0.3 is 15.3 Å². The largest absolute Gasteiger partial charge is 0.354 e. The van der Waals surface area contributed by atoms with Crippen molar-refractivity contribution >= 4 is 17.0 Å². The Bertz CT molecular complexity index is 1050. The maximum absolute atomic E-state index is 11.4. The third kappa shape index (κ3) is 3.64. The molecule has 130 valence electrons. The van der Waals surface area contributed by atoms with Gasteiger partial charge in [-0.25, -0.2) is 14.8 Å². The van der Waals surface area contributed by atoms with Gasteiger partial charge in [0.25, 0.3) is 0 Å². The summed E-state index contributed by atoms with van der Waals surface area (Å²) in [5.41, 5.74) is 4.56. The van der Waals surface area contributed by atoms with E-state index in [0.717, 1.165) is 41.5 Å². The SMILES string of the molecule is O=c1[nH]c2ccc(-c3cnc(NCCCc4ccccc4)nc3)cc2[nH]1. The second-order valence-electron chi connectivity index (χ2n) is 6.15. The number of rotatable bonds is 6. The van der Waals surface area contributed by atoms with Gasteiger partial charge in [-0.15, -0.1) is 0 Å². The minimum atomic E-state index is -0.205. The Balaban J connectivity index is 1.37. The lowest BCUT2D eigenvalue weighted by atomic mass is 10.1. The van der Waals surface area contributed by atoms with Crippen LogP contribution in [0, 0.1) is 0 Å². The van der Waals surface area contributed by atoms with Crippen LogP contribution in [0.2, 0.25) is 0 Å². The van der Waals surface area contributed by atoms with Gasteiger partial charge in [-0.2, -0.15) is 0 Å². The summed E-state index contributed by atoms with van der Waals surface area (Å²) in [6, 6.07) is 16.2. The average Bonchev–Trinajstić information content (AvgIpc) is 3.06. The molecule has 0 unspecified atom stereocenters. The molecule has 6 nitrogen and oxygen atoms in total. The average molecular weight is 345 g/mol. The molecule has 0 aliphatic heterocycles. The first-order valence-corrected chi connectivity index (χ1v) is 8.60. The summed E-state index contributed by atoms with van der Waals surface area (Å²) < 4.78 is 0. The highest BCUT2D eigenvalue weighted by molar-refractivity contribution is 5.81. The predicted molar refractivity (Wildman–Crippen MR) is 103 cm³/mol. The van der Waals surface area contributed by atoms with Crippen LogP contribution in [0.25, 0.3) is 22.2 Å². The van der Waals surface area contributed by atoms with Crippen molar-refractivity contribution in [3.05, 3.63) is 77.0 Å². The molecular weight excluding hydrogens is 326 g/mol. The summed E-state index contributed by atoms with van der Waals surface area (Å²) >= 11 is 0. The number of imidazole rings is 1. The molecule has 0 aliphatic carbocycles. The van der Waals surface area contributed by atoms with Crippen molar-refractivity contribution in [1.29, 1.82) is 0 Å². The lowest BCUT2D eigenvalue weighted by molar-refractivity contribution is 0.853. The zero-order chi connectivity index (χ0) is 17.8. The predicted octanol–water partition coefficient (Wildman–Crippen LogP) is 3.36. The summed E-state index contributed by atoms with van der Waals surface area (Å²) in [7, 11) is 0. The Labute approximate surface area is 150 Å². The minimum Gasteiger partial charge on any atom is -0.354 e. The molecule has 6 heteroatoms. The van der Waals surface area contributed by atoms with Crippen LogP contribution < -0.4 is 11.0 Å². The molecule has 0 atom stereocenters. The highest BCUT2D eigenvalue weighted by Gasteiger charge is 2.04. The quantitative estimate of drug-likeness (QED) is 0.468. The first-order valence-electron chi connectivity index (χ1n) is 8.60. The summed E-state index contributed by atoms with van der Waals surface area (Å²) in [4.78, 5) is 25.6. The van der Waals surface area contributed by atoms with Gasteiger partial charge in [0, 0.05) is 24.5 Å². The third-order valence-electron chi connectivity index (χ3n) is 4.27. The topological polar surface area (TPSA) is 86.5 Å². The number of aromatic amines is 2. The van der Waals surface area contributed by atoms with E-state index in [1.165, 1.54) is 5.56 Å². The number of aromatic nitrogens is 4. The van der Waals surface area contributed by atoms with Gasteiger partial charge in [0.1, 0.15) is 0 Å². The van der Waals surface area contributed by atoms with E-state index in [9.17, 15) is 4.79 Å². The highest BCUT2D eigenvalue weighted by atomic mass is 16.1. The molecule has 4 rings (SSSR count). The fourth-order valence-electron chi connectivity index (χ4n) is 2.92. The number of nitrogens with one attached hydrogen (secondary N) is 3. The molecule has 0 amide bonds. The number of fused-ring (bicyclic) bond motifs is 1. The van der Waals surface area contributed by atoms with E-state index in [4.69, 9.17) is 0 Å². The van der Waals surface area contributed by atoms with Crippen LogP contribution >= 0.6 is 0 Å². The van der Waals surface area contributed by atoms with Gasteiger partial charge >= 0.3 is 5.69 Å². The number of nitrogens with zero attached hydrogens (tertiary/aromatic N) is 2. The summed E-state index contributed by atoms with van der Waals surface area (Å²) in [5, 5.41) is 3.25. The minimum absolute atomic E-state index is 0.205. The van der Waals surface area contributed by atoms with Crippen molar-refractivity contribution in [3.63, 3.8) is 0 Å². The number of benzene rings is 2. The van der Waals surface area contributed by atoms with E-state index >= 15 is 0 Å². The molecule has 2 heterocycles. The first-order chi connectivity index (χ1) is 12.8. The van der Waals surface area contributed by atoms with Gasteiger partial charge in [-0.3, -0.25) is 0 Å². The number of H-pyrrole nitrogens is 2. The maximum atomic E-state index is 11.4. The van der Waals surface area contributed by atoms with E-state index in [-0.39, 0.29) is 5.69 Å². The number of hydrogen-bond acceptors (Lipinski definition) is 4. The van der Waals surface area contributed by atoms with Crippen LogP contribution in [0.4, 0.5) is 5.95 Å². The van der Waals surface area contributed by atoms with Crippen molar-refractivity contribution < 1.29 is 0 Å². The normalized spacial score (nSPS) is 10.9. The van der Waals surface area contributed by atoms with Gasteiger partial charge in [0.2, 0.25) is 5.95 Å². The van der Waals surface area contributed by atoms with E-state index in [0.29, 0.717) is 5.95 Å². The highest BCUT2D eigenvalue weighted by Crippen LogP contribution is 2.21. The summed E-state index contributed by atoms with van der Waals surface area (Å²) in [5.74, 6) is 0.623. The number of anilines is 1. The molecule has 0 saturated carbocycles. The number of aryl methyl sites for hydroxylation is 1.